The molecule has 1 amide bonds. The minimum Gasteiger partial charge on any atom is -0.492 e. The SMILES string of the molecule is CCOc1ccccc1NC(=O)COc1c(-c2ccc(C(C)(C)C)cc2)oc2cc(C)c(Cl)cc2c1=O. The van der Waals surface area contributed by atoms with Gasteiger partial charge in [0.2, 0.25) is 11.2 Å². The number of anilines is 1. The molecule has 0 aliphatic carbocycles. The van der Waals surface area contributed by atoms with Gasteiger partial charge in [-0.05, 0) is 54.7 Å². The molecule has 0 atom stereocenters. The topological polar surface area (TPSA) is 77.8 Å². The molecule has 1 aromatic heterocycles. The second-order valence-corrected chi connectivity index (χ2v) is 10.2. The van der Waals surface area contributed by atoms with Crippen LogP contribution >= 0.6 is 11.6 Å². The smallest absolute Gasteiger partial charge is 0.262 e. The molecule has 192 valence electrons. The lowest BCUT2D eigenvalue weighted by atomic mass is 9.86. The van der Waals surface area contributed by atoms with E-state index in [0.717, 1.165) is 11.1 Å². The lowest BCUT2D eigenvalue weighted by Gasteiger charge is -2.19. The van der Waals surface area contributed by atoms with E-state index < -0.39 is 17.9 Å². The summed E-state index contributed by atoms with van der Waals surface area (Å²) in [6.07, 6.45) is 0. The molecule has 0 aliphatic rings. The lowest BCUT2D eigenvalue weighted by molar-refractivity contribution is -0.118. The summed E-state index contributed by atoms with van der Waals surface area (Å²) in [7, 11) is 0. The molecule has 7 heteroatoms. The van der Waals surface area contributed by atoms with Crippen molar-refractivity contribution in [2.45, 2.75) is 40.0 Å². The summed E-state index contributed by atoms with van der Waals surface area (Å²) in [5.74, 6) is 0.308. The molecular weight excluding hydrogens is 490 g/mol. The quantitative estimate of drug-likeness (QED) is 0.281. The fourth-order valence-corrected chi connectivity index (χ4v) is 4.08. The Bertz CT molecular complexity index is 1500. The maximum absolute atomic E-state index is 13.5. The molecule has 0 spiro atoms. The van der Waals surface area contributed by atoms with E-state index in [1.807, 2.05) is 44.2 Å². The van der Waals surface area contributed by atoms with Crippen molar-refractivity contribution in [2.75, 3.05) is 18.5 Å². The van der Waals surface area contributed by atoms with Crippen molar-refractivity contribution in [3.63, 3.8) is 0 Å². The first-order valence-corrected chi connectivity index (χ1v) is 12.5. The monoisotopic (exact) mass is 519 g/mol. The van der Waals surface area contributed by atoms with Crippen LogP contribution in [0.25, 0.3) is 22.3 Å². The third-order valence-corrected chi connectivity index (χ3v) is 6.36. The summed E-state index contributed by atoms with van der Waals surface area (Å²) in [5.41, 5.74) is 3.06. The Balaban J connectivity index is 1.71. The normalized spacial score (nSPS) is 11.4. The van der Waals surface area contributed by atoms with Gasteiger partial charge in [0, 0.05) is 10.6 Å². The molecular formula is C30H30ClNO5. The molecule has 0 radical (unpaired) electrons. The molecule has 0 aliphatic heterocycles. The van der Waals surface area contributed by atoms with Gasteiger partial charge in [-0.2, -0.15) is 0 Å². The first-order chi connectivity index (χ1) is 17.6. The Hall–Kier alpha value is -3.77. The van der Waals surface area contributed by atoms with Crippen LogP contribution in [0, 0.1) is 6.92 Å². The van der Waals surface area contributed by atoms with Crippen LogP contribution in [0.5, 0.6) is 11.5 Å². The van der Waals surface area contributed by atoms with Gasteiger partial charge in [-0.25, -0.2) is 0 Å². The number of carbonyl (C=O) groups is 1. The van der Waals surface area contributed by atoms with E-state index in [1.54, 1.807) is 30.3 Å². The third kappa shape index (κ3) is 5.81. The molecule has 0 fully saturated rings. The van der Waals surface area contributed by atoms with Gasteiger partial charge in [0.1, 0.15) is 11.3 Å². The first kappa shape index (κ1) is 26.3. The van der Waals surface area contributed by atoms with Crippen LogP contribution < -0.4 is 20.2 Å². The van der Waals surface area contributed by atoms with Crippen molar-refractivity contribution in [2.24, 2.45) is 0 Å². The average Bonchev–Trinajstić information content (AvgIpc) is 2.85. The van der Waals surface area contributed by atoms with Gasteiger partial charge >= 0.3 is 0 Å². The maximum atomic E-state index is 13.5. The zero-order valence-electron chi connectivity index (χ0n) is 21.6. The number of hydrogen-bond donors (Lipinski definition) is 1. The van der Waals surface area contributed by atoms with E-state index >= 15 is 0 Å². The number of fused-ring (bicyclic) bond motifs is 1. The van der Waals surface area contributed by atoms with E-state index in [0.29, 0.717) is 34.2 Å². The molecule has 0 bridgehead atoms. The number of amides is 1. The molecule has 37 heavy (non-hydrogen) atoms. The van der Waals surface area contributed by atoms with Gasteiger partial charge in [0.05, 0.1) is 17.7 Å². The van der Waals surface area contributed by atoms with Crippen molar-refractivity contribution in [1.82, 2.24) is 0 Å². The molecule has 1 heterocycles. The zero-order chi connectivity index (χ0) is 26.7. The van der Waals surface area contributed by atoms with Gasteiger partial charge in [-0.15, -0.1) is 0 Å². The van der Waals surface area contributed by atoms with E-state index in [9.17, 15) is 9.59 Å². The summed E-state index contributed by atoms with van der Waals surface area (Å²) in [5, 5.41) is 3.50. The van der Waals surface area contributed by atoms with E-state index in [2.05, 4.69) is 26.1 Å². The Morgan fingerprint density at radius 3 is 2.41 bits per heavy atom. The number of nitrogens with one attached hydrogen (secondary N) is 1. The minimum atomic E-state index is -0.442. The van der Waals surface area contributed by atoms with Crippen molar-refractivity contribution in [1.29, 1.82) is 0 Å². The lowest BCUT2D eigenvalue weighted by Crippen LogP contribution is -2.23. The van der Waals surface area contributed by atoms with Gasteiger partial charge in [-0.1, -0.05) is 68.8 Å². The molecule has 4 aromatic rings. The van der Waals surface area contributed by atoms with Crippen LogP contribution in [-0.2, 0) is 10.2 Å². The van der Waals surface area contributed by atoms with Crippen molar-refractivity contribution in [3.8, 4) is 22.8 Å². The van der Waals surface area contributed by atoms with E-state index in [-0.39, 0.29) is 22.3 Å². The largest absolute Gasteiger partial charge is 0.492 e. The third-order valence-electron chi connectivity index (χ3n) is 5.95. The van der Waals surface area contributed by atoms with Crippen LogP contribution in [0.3, 0.4) is 0 Å². The number of para-hydroxylation sites is 2. The first-order valence-electron chi connectivity index (χ1n) is 12.1. The second kappa shape index (κ2) is 10.7. The molecule has 0 saturated heterocycles. The highest BCUT2D eigenvalue weighted by Crippen LogP contribution is 2.34. The zero-order valence-corrected chi connectivity index (χ0v) is 22.4. The molecule has 3 aromatic carbocycles. The summed E-state index contributed by atoms with van der Waals surface area (Å²) >= 11 is 6.29. The predicted molar refractivity (Wildman–Crippen MR) is 148 cm³/mol. The fraction of sp³-hybridized carbons (Fsp3) is 0.267. The van der Waals surface area contributed by atoms with Crippen molar-refractivity contribution < 1.29 is 18.7 Å². The van der Waals surface area contributed by atoms with Crippen molar-refractivity contribution >= 4 is 34.2 Å². The standard InChI is InChI=1S/C30H30ClNO5/c1-6-35-24-10-8-7-9-23(24)32-26(33)17-36-29-27(34)21-16-22(31)18(2)15-25(21)37-28(29)19-11-13-20(14-12-19)30(3,4)5/h7-16H,6,17H2,1-5H3,(H,32,33). The fourth-order valence-electron chi connectivity index (χ4n) is 3.92. The number of ether oxygens (including phenoxy) is 2. The molecule has 0 saturated carbocycles. The number of aryl methyl sites for hydroxylation is 1. The van der Waals surface area contributed by atoms with Crippen LogP contribution in [-0.4, -0.2) is 19.1 Å². The Labute approximate surface area is 221 Å². The highest BCUT2D eigenvalue weighted by Gasteiger charge is 2.21. The highest BCUT2D eigenvalue weighted by atomic mass is 35.5. The maximum Gasteiger partial charge on any atom is 0.262 e. The van der Waals surface area contributed by atoms with Crippen LogP contribution in [0.2, 0.25) is 5.02 Å². The number of rotatable bonds is 7. The minimum absolute atomic E-state index is 0.0359. The Morgan fingerprint density at radius 1 is 1.03 bits per heavy atom. The summed E-state index contributed by atoms with van der Waals surface area (Å²) < 4.78 is 17.6. The number of halogens is 1. The van der Waals surface area contributed by atoms with Gasteiger partial charge < -0.3 is 19.2 Å². The Morgan fingerprint density at radius 2 is 1.73 bits per heavy atom. The highest BCUT2D eigenvalue weighted by molar-refractivity contribution is 6.32. The molecule has 0 unspecified atom stereocenters. The number of carbonyl (C=O) groups excluding carboxylic acids is 1. The van der Waals surface area contributed by atoms with Crippen LogP contribution in [0.1, 0.15) is 38.8 Å². The molecule has 4 rings (SSSR count). The van der Waals surface area contributed by atoms with Crippen LogP contribution in [0.4, 0.5) is 5.69 Å². The van der Waals surface area contributed by atoms with Gasteiger partial charge in [0.15, 0.2) is 12.4 Å². The molecule has 6 nitrogen and oxygen atoms in total. The number of benzene rings is 3. The number of hydrogen-bond acceptors (Lipinski definition) is 5. The summed E-state index contributed by atoms with van der Waals surface area (Å²) in [6, 6.07) is 18.2. The van der Waals surface area contributed by atoms with Gasteiger partial charge in [-0.3, -0.25) is 9.59 Å². The Kier molecular flexibility index (Phi) is 7.60. The second-order valence-electron chi connectivity index (χ2n) is 9.78. The average molecular weight is 520 g/mol. The van der Waals surface area contributed by atoms with Crippen LogP contribution in [0.15, 0.2) is 69.9 Å². The summed E-state index contributed by atoms with van der Waals surface area (Å²) in [4.78, 5) is 26.3. The van der Waals surface area contributed by atoms with E-state index in [1.165, 1.54) is 0 Å². The summed E-state index contributed by atoms with van der Waals surface area (Å²) in [6.45, 7) is 10.1. The van der Waals surface area contributed by atoms with Gasteiger partial charge in [0.25, 0.3) is 5.91 Å². The van der Waals surface area contributed by atoms with E-state index in [4.69, 9.17) is 25.5 Å². The molecule has 1 N–H and O–H groups in total. The predicted octanol–water partition coefficient (Wildman–Crippen LogP) is 7.14. The van der Waals surface area contributed by atoms with Crippen molar-refractivity contribution in [3.05, 3.63) is 87.0 Å².